The van der Waals surface area contributed by atoms with E-state index in [1.165, 1.54) is 6.08 Å². The van der Waals surface area contributed by atoms with Crippen molar-refractivity contribution in [3.05, 3.63) is 64.5 Å². The Morgan fingerprint density at radius 3 is 2.31 bits per heavy atom. The summed E-state index contributed by atoms with van der Waals surface area (Å²) in [6.45, 7) is 2.45. The number of aryl methyl sites for hydroxylation is 1. The van der Waals surface area contributed by atoms with Gasteiger partial charge in [0.15, 0.2) is 0 Å². The normalized spacial score (nSPS) is 14.7. The third kappa shape index (κ3) is 5.10. The van der Waals surface area contributed by atoms with E-state index >= 15 is 0 Å². The molecule has 1 aromatic carbocycles. The Kier molecular flexibility index (Phi) is 5.86. The summed E-state index contributed by atoms with van der Waals surface area (Å²) in [4.78, 5) is 17.9. The molecule has 1 saturated heterocycles. The summed E-state index contributed by atoms with van der Waals surface area (Å²) in [6, 6.07) is 3.66. The van der Waals surface area contributed by atoms with Crippen LogP contribution in [0, 0.1) is 18.6 Å². The van der Waals surface area contributed by atoms with Gasteiger partial charge in [-0.05, 0) is 50.1 Å². The van der Waals surface area contributed by atoms with Gasteiger partial charge in [-0.25, -0.2) is 13.6 Å². The van der Waals surface area contributed by atoms with Crippen molar-refractivity contribution < 1.29 is 26.7 Å². The van der Waals surface area contributed by atoms with Gasteiger partial charge in [-0.2, -0.15) is 13.2 Å². The second-order valence-corrected chi connectivity index (χ2v) is 6.76. The minimum atomic E-state index is -4.82. The Balaban J connectivity index is 1.66. The summed E-state index contributed by atoms with van der Waals surface area (Å²) in [6.07, 6.45) is -1.29. The molecule has 2 aromatic rings. The summed E-state index contributed by atoms with van der Waals surface area (Å²) < 4.78 is 65.9. The fraction of sp³-hybridized carbons (Fsp3) is 0.300. The van der Waals surface area contributed by atoms with Gasteiger partial charge in [0.2, 0.25) is 0 Å². The molecule has 0 unspecified atom stereocenters. The number of alkyl halides is 3. The summed E-state index contributed by atoms with van der Waals surface area (Å²) in [7, 11) is 0. The van der Waals surface area contributed by atoms with Gasteiger partial charge in [-0.3, -0.25) is 4.98 Å². The largest absolute Gasteiger partial charge is 0.416 e. The highest BCUT2D eigenvalue weighted by Crippen LogP contribution is 2.32. The first-order chi connectivity index (χ1) is 13.6. The van der Waals surface area contributed by atoms with Crippen LogP contribution in [0.2, 0.25) is 0 Å². The van der Waals surface area contributed by atoms with Crippen LogP contribution in [0.3, 0.4) is 0 Å². The molecule has 1 fully saturated rings. The molecule has 0 aliphatic carbocycles. The summed E-state index contributed by atoms with van der Waals surface area (Å²) in [5, 5.41) is 2.76. The van der Waals surface area contributed by atoms with Crippen LogP contribution in [-0.4, -0.2) is 29.0 Å². The number of halogens is 5. The number of aromatic nitrogens is 1. The fourth-order valence-electron chi connectivity index (χ4n) is 3.06. The zero-order valence-electron chi connectivity index (χ0n) is 15.5. The van der Waals surface area contributed by atoms with Gasteiger partial charge in [0.05, 0.1) is 5.56 Å². The minimum absolute atomic E-state index is 0.286. The van der Waals surface area contributed by atoms with Crippen molar-refractivity contribution in [3.8, 4) is 0 Å². The SMILES string of the molecule is Cc1cc(NC(=O)N2CCC(=Cc3c(F)cc(C(F)(F)F)cc3F)CC2)ccn1. The molecule has 1 aromatic heterocycles. The van der Waals surface area contributed by atoms with E-state index in [4.69, 9.17) is 0 Å². The van der Waals surface area contributed by atoms with Gasteiger partial charge in [-0.1, -0.05) is 5.57 Å². The molecule has 0 saturated carbocycles. The van der Waals surface area contributed by atoms with Crippen molar-refractivity contribution >= 4 is 17.8 Å². The summed E-state index contributed by atoms with van der Waals surface area (Å²) in [5.74, 6) is -2.53. The van der Waals surface area contributed by atoms with Crippen LogP contribution in [0.5, 0.6) is 0 Å². The van der Waals surface area contributed by atoms with E-state index in [0.717, 1.165) is 5.69 Å². The molecular formula is C20H18F5N3O. The van der Waals surface area contributed by atoms with Gasteiger partial charge in [0.1, 0.15) is 11.6 Å². The number of likely N-dealkylation sites (tertiary alicyclic amines) is 1. The van der Waals surface area contributed by atoms with E-state index in [9.17, 15) is 26.7 Å². The number of piperidine rings is 1. The first kappa shape index (κ1) is 20.8. The molecule has 29 heavy (non-hydrogen) atoms. The van der Waals surface area contributed by atoms with Crippen molar-refractivity contribution in [2.75, 3.05) is 18.4 Å². The lowest BCUT2D eigenvalue weighted by atomic mass is 9.99. The number of urea groups is 1. The predicted molar refractivity (Wildman–Crippen MR) is 98.1 cm³/mol. The Bertz CT molecular complexity index is 922. The molecule has 1 aliphatic heterocycles. The molecule has 1 aliphatic rings. The average molecular weight is 411 g/mol. The lowest BCUT2D eigenvalue weighted by molar-refractivity contribution is -0.138. The highest BCUT2D eigenvalue weighted by molar-refractivity contribution is 5.89. The number of benzene rings is 1. The molecule has 0 bridgehead atoms. The molecule has 2 amide bonds. The van der Waals surface area contributed by atoms with E-state index in [2.05, 4.69) is 10.3 Å². The maximum Gasteiger partial charge on any atom is 0.416 e. The summed E-state index contributed by atoms with van der Waals surface area (Å²) in [5.41, 5.74) is 0.155. The van der Waals surface area contributed by atoms with Crippen LogP contribution in [0.25, 0.3) is 6.08 Å². The number of nitrogens with one attached hydrogen (secondary N) is 1. The second-order valence-electron chi connectivity index (χ2n) is 6.76. The predicted octanol–water partition coefficient (Wildman–Crippen LogP) is 5.40. The number of amides is 2. The quantitative estimate of drug-likeness (QED) is 0.673. The van der Waals surface area contributed by atoms with Crippen molar-refractivity contribution in [2.45, 2.75) is 25.9 Å². The van der Waals surface area contributed by atoms with E-state index < -0.39 is 28.9 Å². The maximum absolute atomic E-state index is 14.0. The number of nitrogens with zero attached hydrogens (tertiary/aromatic N) is 2. The van der Waals surface area contributed by atoms with E-state index in [0.29, 0.717) is 37.2 Å². The van der Waals surface area contributed by atoms with E-state index in [1.807, 2.05) is 0 Å². The van der Waals surface area contributed by atoms with Crippen LogP contribution in [0.4, 0.5) is 32.4 Å². The number of carbonyl (C=O) groups is 1. The van der Waals surface area contributed by atoms with Gasteiger partial charge >= 0.3 is 12.2 Å². The molecule has 3 rings (SSSR count). The van der Waals surface area contributed by atoms with Crippen molar-refractivity contribution in [3.63, 3.8) is 0 Å². The number of pyridine rings is 1. The zero-order valence-corrected chi connectivity index (χ0v) is 15.5. The standard InChI is InChI=1S/C20H18F5N3O/c1-12-8-15(2-5-26-12)27-19(29)28-6-3-13(4-7-28)9-16-17(21)10-14(11-18(16)22)20(23,24)25/h2,5,8-11H,3-4,6-7H2,1H3,(H,26,27,29). The van der Waals surface area contributed by atoms with E-state index in [-0.39, 0.29) is 18.2 Å². The second kappa shape index (κ2) is 8.18. The van der Waals surface area contributed by atoms with Crippen LogP contribution in [0.15, 0.2) is 36.0 Å². The van der Waals surface area contributed by atoms with Crippen LogP contribution in [-0.2, 0) is 6.18 Å². The number of carbonyl (C=O) groups excluding carboxylic acids is 1. The fourth-order valence-corrected chi connectivity index (χ4v) is 3.06. The third-order valence-electron chi connectivity index (χ3n) is 4.60. The highest BCUT2D eigenvalue weighted by atomic mass is 19.4. The van der Waals surface area contributed by atoms with Gasteiger partial charge < -0.3 is 10.2 Å². The van der Waals surface area contributed by atoms with Gasteiger partial charge in [0, 0.05) is 36.2 Å². The third-order valence-corrected chi connectivity index (χ3v) is 4.60. The average Bonchev–Trinajstić information content (AvgIpc) is 2.64. The number of hydrogen-bond acceptors (Lipinski definition) is 2. The molecule has 9 heteroatoms. The smallest absolute Gasteiger partial charge is 0.324 e. The van der Waals surface area contributed by atoms with Crippen molar-refractivity contribution in [1.29, 1.82) is 0 Å². The molecule has 4 nitrogen and oxygen atoms in total. The van der Waals surface area contributed by atoms with Crippen LogP contribution in [0.1, 0.15) is 29.7 Å². The highest BCUT2D eigenvalue weighted by Gasteiger charge is 2.32. The molecule has 2 heterocycles. The van der Waals surface area contributed by atoms with Gasteiger partial charge in [-0.15, -0.1) is 0 Å². The van der Waals surface area contributed by atoms with E-state index in [1.54, 1.807) is 30.2 Å². The first-order valence-corrected chi connectivity index (χ1v) is 8.88. The van der Waals surface area contributed by atoms with Crippen molar-refractivity contribution in [2.24, 2.45) is 0 Å². The topological polar surface area (TPSA) is 45.2 Å². The monoisotopic (exact) mass is 411 g/mol. The Hall–Kier alpha value is -2.97. The molecule has 0 radical (unpaired) electrons. The Labute approximate surface area is 164 Å². The lowest BCUT2D eigenvalue weighted by Gasteiger charge is -2.28. The van der Waals surface area contributed by atoms with Gasteiger partial charge in [0.25, 0.3) is 0 Å². The Morgan fingerprint density at radius 1 is 1.14 bits per heavy atom. The Morgan fingerprint density at radius 2 is 1.76 bits per heavy atom. The van der Waals surface area contributed by atoms with Crippen LogP contribution >= 0.6 is 0 Å². The number of rotatable bonds is 2. The lowest BCUT2D eigenvalue weighted by Crippen LogP contribution is -2.39. The maximum atomic E-state index is 14.0. The minimum Gasteiger partial charge on any atom is -0.324 e. The molecular weight excluding hydrogens is 393 g/mol. The molecule has 0 atom stereocenters. The van der Waals surface area contributed by atoms with Crippen molar-refractivity contribution in [1.82, 2.24) is 9.88 Å². The zero-order chi connectivity index (χ0) is 21.2. The number of hydrogen-bond donors (Lipinski definition) is 1. The first-order valence-electron chi connectivity index (χ1n) is 8.88. The van der Waals surface area contributed by atoms with Crippen LogP contribution < -0.4 is 5.32 Å². The molecule has 1 N–H and O–H groups in total. The molecule has 154 valence electrons. The number of anilines is 1. The molecule has 0 spiro atoms. The summed E-state index contributed by atoms with van der Waals surface area (Å²) >= 11 is 0.